The zero-order valence-electron chi connectivity index (χ0n) is 14.1. The second-order valence-electron chi connectivity index (χ2n) is 5.73. The Bertz CT molecular complexity index is 665. The highest BCUT2D eigenvalue weighted by Crippen LogP contribution is 2.57. The van der Waals surface area contributed by atoms with Crippen molar-refractivity contribution in [3.05, 3.63) is 54.6 Å². The van der Waals surface area contributed by atoms with E-state index in [4.69, 9.17) is 12.2 Å². The molecule has 0 fully saturated rings. The zero-order valence-corrected chi connectivity index (χ0v) is 15.8. The van der Waals surface area contributed by atoms with Gasteiger partial charge in [0.05, 0.1) is 19.6 Å². The smallest absolute Gasteiger partial charge is 0.170 e. The second kappa shape index (κ2) is 7.82. The van der Waals surface area contributed by atoms with Gasteiger partial charge in [-0.1, -0.05) is 30.3 Å². The summed E-state index contributed by atoms with van der Waals surface area (Å²) >= 11 is 5.35. The summed E-state index contributed by atoms with van der Waals surface area (Å²) in [6.45, 7) is 0.884. The predicted molar refractivity (Wildman–Crippen MR) is 110 cm³/mol. The highest BCUT2D eigenvalue weighted by Gasteiger charge is 2.30. The normalized spacial score (nSPS) is 13.8. The van der Waals surface area contributed by atoms with E-state index in [-0.39, 0.29) is 8.22 Å². The lowest BCUT2D eigenvalue weighted by Crippen LogP contribution is -2.30. The van der Waals surface area contributed by atoms with Gasteiger partial charge in [-0.15, -0.1) is 0 Å². The average Bonchev–Trinajstić information content (AvgIpc) is 2.84. The number of thiocarbonyl (C=S) groups is 1. The number of anilines is 3. The van der Waals surface area contributed by atoms with Gasteiger partial charge in [-0.05, 0) is 42.9 Å². The fourth-order valence-electron chi connectivity index (χ4n) is 2.88. The highest BCUT2D eigenvalue weighted by atomic mass is 32.1. The number of rotatable bonds is 5. The summed E-state index contributed by atoms with van der Waals surface area (Å²) in [7, 11) is 4.08. The van der Waals surface area contributed by atoms with Crippen LogP contribution in [0.1, 0.15) is 6.42 Å². The summed E-state index contributed by atoms with van der Waals surface area (Å²) in [5, 5.41) is 7.19. The first-order valence-corrected chi connectivity index (χ1v) is 9.94. The molecule has 2 aromatic carbocycles. The molecule has 3 rings (SSSR count). The molecule has 1 heterocycles. The SMILES string of the molecule is CN1c2ccccc2N(C)P1CCCNC(=S)Nc1ccccc1. The first-order chi connectivity index (χ1) is 11.7. The van der Waals surface area contributed by atoms with Crippen molar-refractivity contribution >= 4 is 42.6 Å². The molecule has 1 aliphatic heterocycles. The van der Waals surface area contributed by atoms with E-state index in [2.05, 4.69) is 58.3 Å². The van der Waals surface area contributed by atoms with Crippen LogP contribution in [0.2, 0.25) is 0 Å². The molecule has 0 saturated heterocycles. The van der Waals surface area contributed by atoms with Crippen LogP contribution >= 0.6 is 20.4 Å². The molecule has 4 nitrogen and oxygen atoms in total. The van der Waals surface area contributed by atoms with E-state index in [1.165, 1.54) is 11.4 Å². The molecule has 0 amide bonds. The molecule has 0 aliphatic carbocycles. The largest absolute Gasteiger partial charge is 0.362 e. The van der Waals surface area contributed by atoms with Crippen LogP contribution in [0.5, 0.6) is 0 Å². The Morgan fingerprint density at radius 3 is 2.17 bits per heavy atom. The van der Waals surface area contributed by atoms with Crippen LogP contribution in [-0.2, 0) is 0 Å². The van der Waals surface area contributed by atoms with Crippen molar-refractivity contribution in [3.63, 3.8) is 0 Å². The Hall–Kier alpha value is -1.84. The van der Waals surface area contributed by atoms with Gasteiger partial charge in [-0.25, -0.2) is 0 Å². The molecular weight excluding hydrogens is 335 g/mol. The third kappa shape index (κ3) is 3.80. The Morgan fingerprint density at radius 1 is 0.958 bits per heavy atom. The molecule has 0 saturated carbocycles. The van der Waals surface area contributed by atoms with Crippen LogP contribution in [0, 0.1) is 0 Å². The number of hydrogen-bond acceptors (Lipinski definition) is 3. The molecule has 0 unspecified atom stereocenters. The molecule has 0 atom stereocenters. The van der Waals surface area contributed by atoms with Gasteiger partial charge < -0.3 is 20.0 Å². The third-order valence-corrected chi connectivity index (χ3v) is 6.90. The lowest BCUT2D eigenvalue weighted by molar-refractivity contribution is 0.849. The van der Waals surface area contributed by atoms with Crippen molar-refractivity contribution in [3.8, 4) is 0 Å². The van der Waals surface area contributed by atoms with Crippen molar-refractivity contribution in [2.24, 2.45) is 0 Å². The molecule has 0 radical (unpaired) electrons. The predicted octanol–water partition coefficient (Wildman–Crippen LogP) is 4.26. The van der Waals surface area contributed by atoms with Gasteiger partial charge >= 0.3 is 0 Å². The van der Waals surface area contributed by atoms with Gasteiger partial charge in [0.2, 0.25) is 0 Å². The number of benzene rings is 2. The zero-order chi connectivity index (χ0) is 16.9. The van der Waals surface area contributed by atoms with E-state index in [0.29, 0.717) is 5.11 Å². The van der Waals surface area contributed by atoms with Crippen LogP contribution in [0.4, 0.5) is 17.1 Å². The summed E-state index contributed by atoms with van der Waals surface area (Å²) in [5.41, 5.74) is 3.69. The van der Waals surface area contributed by atoms with Crippen LogP contribution in [0.3, 0.4) is 0 Å². The Morgan fingerprint density at radius 2 is 1.54 bits per heavy atom. The Balaban J connectivity index is 1.43. The van der Waals surface area contributed by atoms with Gasteiger partial charge in [0.1, 0.15) is 0 Å². The van der Waals surface area contributed by atoms with Gasteiger partial charge in [0, 0.05) is 32.5 Å². The molecule has 6 heteroatoms. The van der Waals surface area contributed by atoms with Crippen molar-refractivity contribution in [1.82, 2.24) is 5.32 Å². The lowest BCUT2D eigenvalue weighted by Gasteiger charge is -2.27. The van der Waals surface area contributed by atoms with E-state index in [1.54, 1.807) is 0 Å². The standard InChI is InChI=1S/C18H23N4PS/c1-21-16-11-6-7-12-17(16)22(2)23(21)14-8-13-19-18(24)20-15-9-4-3-5-10-15/h3-7,9-12H,8,13-14H2,1-2H3,(H2,19,20,24). The van der Waals surface area contributed by atoms with E-state index < -0.39 is 0 Å². The van der Waals surface area contributed by atoms with Crippen LogP contribution in [0.15, 0.2) is 54.6 Å². The number of nitrogens with one attached hydrogen (secondary N) is 2. The number of para-hydroxylation sites is 3. The van der Waals surface area contributed by atoms with E-state index in [0.717, 1.165) is 24.8 Å². The number of nitrogens with zero attached hydrogens (tertiary/aromatic N) is 2. The maximum Gasteiger partial charge on any atom is 0.170 e. The minimum atomic E-state index is -0.310. The maximum atomic E-state index is 5.35. The topological polar surface area (TPSA) is 30.5 Å². The molecule has 24 heavy (non-hydrogen) atoms. The minimum absolute atomic E-state index is 0.310. The van der Waals surface area contributed by atoms with Gasteiger partial charge in [-0.3, -0.25) is 0 Å². The van der Waals surface area contributed by atoms with Crippen molar-refractivity contribution in [2.45, 2.75) is 6.42 Å². The molecule has 126 valence electrons. The lowest BCUT2D eigenvalue weighted by atomic mass is 10.3. The quantitative estimate of drug-likeness (QED) is 0.474. The first kappa shape index (κ1) is 17.0. The summed E-state index contributed by atoms with van der Waals surface area (Å²) in [4.78, 5) is 0. The Labute approximate surface area is 150 Å². The Kier molecular flexibility index (Phi) is 5.54. The van der Waals surface area contributed by atoms with Crippen LogP contribution < -0.4 is 20.0 Å². The number of fused-ring (bicyclic) bond motifs is 1. The number of hydrogen-bond donors (Lipinski definition) is 2. The molecule has 2 aromatic rings. The van der Waals surface area contributed by atoms with Gasteiger partial charge in [0.15, 0.2) is 5.11 Å². The van der Waals surface area contributed by atoms with Crippen molar-refractivity contribution in [1.29, 1.82) is 0 Å². The van der Waals surface area contributed by atoms with E-state index >= 15 is 0 Å². The molecule has 0 spiro atoms. The summed E-state index contributed by atoms with van der Waals surface area (Å²) < 4.78 is 4.84. The maximum absolute atomic E-state index is 5.35. The van der Waals surface area contributed by atoms with Crippen LogP contribution in [-0.4, -0.2) is 31.9 Å². The van der Waals surface area contributed by atoms with Gasteiger partial charge in [0.25, 0.3) is 0 Å². The summed E-state index contributed by atoms with van der Waals surface area (Å²) in [6, 6.07) is 18.6. The molecule has 0 aromatic heterocycles. The third-order valence-electron chi connectivity index (χ3n) is 4.12. The monoisotopic (exact) mass is 358 g/mol. The minimum Gasteiger partial charge on any atom is -0.362 e. The highest BCUT2D eigenvalue weighted by molar-refractivity contribution is 7.80. The second-order valence-corrected chi connectivity index (χ2v) is 8.53. The fourth-order valence-corrected chi connectivity index (χ4v) is 5.38. The van der Waals surface area contributed by atoms with Crippen molar-refractivity contribution in [2.75, 3.05) is 41.5 Å². The van der Waals surface area contributed by atoms with Gasteiger partial charge in [-0.2, -0.15) is 0 Å². The van der Waals surface area contributed by atoms with Crippen molar-refractivity contribution < 1.29 is 0 Å². The molecular formula is C18H23N4PS. The first-order valence-electron chi connectivity index (χ1n) is 8.10. The average molecular weight is 358 g/mol. The van der Waals surface area contributed by atoms with E-state index in [1.807, 2.05) is 30.3 Å². The molecule has 0 bridgehead atoms. The van der Waals surface area contributed by atoms with E-state index in [9.17, 15) is 0 Å². The fraction of sp³-hybridized carbons (Fsp3) is 0.278. The van der Waals surface area contributed by atoms with Crippen LogP contribution in [0.25, 0.3) is 0 Å². The molecule has 2 N–H and O–H groups in total. The molecule has 1 aliphatic rings. The summed E-state index contributed by atoms with van der Waals surface area (Å²) in [6.07, 6.45) is 2.24. The summed E-state index contributed by atoms with van der Waals surface area (Å²) in [5.74, 6) is 0.